The van der Waals surface area contributed by atoms with Crippen molar-refractivity contribution in [2.75, 3.05) is 31.6 Å². The maximum atomic E-state index is 11.6. The molecule has 1 saturated heterocycles. The maximum absolute atomic E-state index is 11.6. The van der Waals surface area contributed by atoms with Crippen molar-refractivity contribution in [1.82, 2.24) is 14.9 Å². The lowest BCUT2D eigenvalue weighted by Crippen LogP contribution is -2.42. The number of aliphatic carboxylic acids is 3. The Kier molecular flexibility index (Phi) is 10.9. The Bertz CT molecular complexity index is 1270. The number of anilines is 1. The summed E-state index contributed by atoms with van der Waals surface area (Å²) in [5, 5.41) is 33.8. The molecule has 2 aliphatic rings. The monoisotopic (exact) mass is 586 g/mol. The number of carbonyl (C=O) groups is 4. The van der Waals surface area contributed by atoms with Crippen molar-refractivity contribution in [2.45, 2.75) is 70.6 Å². The van der Waals surface area contributed by atoms with Crippen LogP contribution in [-0.4, -0.2) is 91.5 Å². The van der Waals surface area contributed by atoms with Gasteiger partial charge in [-0.1, -0.05) is 26.0 Å². The number of fused-ring (bicyclic) bond motifs is 1. The fourth-order valence-corrected chi connectivity index (χ4v) is 4.90. The lowest BCUT2D eigenvalue weighted by molar-refractivity contribution is -0.170. The smallest absolute Gasteiger partial charge is 0.337 e. The molecule has 2 aliphatic heterocycles. The van der Waals surface area contributed by atoms with Gasteiger partial charge in [0.2, 0.25) is 0 Å². The van der Waals surface area contributed by atoms with E-state index >= 15 is 0 Å². The van der Waals surface area contributed by atoms with Crippen LogP contribution in [0.4, 0.5) is 5.82 Å². The van der Waals surface area contributed by atoms with Crippen molar-refractivity contribution in [3.63, 3.8) is 0 Å². The van der Waals surface area contributed by atoms with E-state index in [0.29, 0.717) is 11.5 Å². The highest BCUT2D eigenvalue weighted by Crippen LogP contribution is 2.30. The van der Waals surface area contributed by atoms with Crippen molar-refractivity contribution >= 4 is 29.7 Å². The minimum atomic E-state index is -2.74. The number of esters is 1. The summed E-state index contributed by atoms with van der Waals surface area (Å²) in [5.41, 5.74) is 1.57. The number of hydrogen-bond acceptors (Lipinski definition) is 10. The van der Waals surface area contributed by atoms with Gasteiger partial charge in [-0.25, -0.2) is 19.6 Å². The number of methoxy groups -OCH3 is 1. The van der Waals surface area contributed by atoms with Crippen molar-refractivity contribution in [1.29, 1.82) is 0 Å². The Labute approximate surface area is 243 Å². The second-order valence-corrected chi connectivity index (χ2v) is 10.8. The number of aromatic nitrogens is 2. The van der Waals surface area contributed by atoms with E-state index in [-0.39, 0.29) is 5.97 Å². The molecule has 0 unspecified atom stereocenters. The minimum Gasteiger partial charge on any atom is -0.481 e. The Morgan fingerprint density at radius 2 is 1.55 bits per heavy atom. The summed E-state index contributed by atoms with van der Waals surface area (Å²) in [4.78, 5) is 56.9. The lowest BCUT2D eigenvalue weighted by Gasteiger charge is -2.31. The van der Waals surface area contributed by atoms with Gasteiger partial charge in [0, 0.05) is 44.2 Å². The van der Waals surface area contributed by atoms with E-state index < -0.39 is 36.4 Å². The molecule has 0 saturated carbocycles. The zero-order valence-corrected chi connectivity index (χ0v) is 24.1. The van der Waals surface area contributed by atoms with Gasteiger partial charge >= 0.3 is 23.9 Å². The van der Waals surface area contributed by atoms with Gasteiger partial charge < -0.3 is 30.1 Å². The zero-order valence-electron chi connectivity index (χ0n) is 24.1. The predicted octanol–water partition coefficient (Wildman–Crippen LogP) is 2.30. The van der Waals surface area contributed by atoms with Gasteiger partial charge in [-0.3, -0.25) is 14.5 Å². The van der Waals surface area contributed by atoms with Gasteiger partial charge in [-0.2, -0.15) is 0 Å². The summed E-state index contributed by atoms with van der Waals surface area (Å²) >= 11 is 0. The van der Waals surface area contributed by atoms with Crippen LogP contribution in [0.25, 0.3) is 0 Å². The minimum absolute atomic E-state index is 0.296. The molecule has 13 nitrogen and oxygen atoms in total. The number of ether oxygens (including phenoxy) is 1. The molecule has 0 amide bonds. The first-order valence-corrected chi connectivity index (χ1v) is 13.8. The van der Waals surface area contributed by atoms with E-state index in [2.05, 4.69) is 23.6 Å². The average Bonchev–Trinajstić information content (AvgIpc) is 3.46. The number of rotatable bonds is 10. The van der Waals surface area contributed by atoms with Crippen LogP contribution < -0.4 is 4.90 Å². The van der Waals surface area contributed by atoms with Gasteiger partial charge in [-0.15, -0.1) is 0 Å². The molecule has 0 atom stereocenters. The number of carboxylic acids is 3. The van der Waals surface area contributed by atoms with Crippen LogP contribution in [0.1, 0.15) is 78.5 Å². The Morgan fingerprint density at radius 1 is 0.952 bits per heavy atom. The van der Waals surface area contributed by atoms with E-state index in [4.69, 9.17) is 35.1 Å². The molecule has 0 spiro atoms. The SMILES string of the molecule is COC(=O)c1ccc(CN2CCc3c(nc(C(C)C)nc3N3CCCC3)C2)cc1.O=C(O)CC(O)(CC(=O)O)C(=O)O. The Balaban J connectivity index is 0.000000316. The van der Waals surface area contributed by atoms with E-state index in [1.165, 1.54) is 42.6 Å². The molecular formula is C29H38N4O9. The average molecular weight is 587 g/mol. The quantitative estimate of drug-likeness (QED) is 0.297. The molecule has 2 aromatic rings. The van der Waals surface area contributed by atoms with Gasteiger partial charge in [0.1, 0.15) is 11.6 Å². The second kappa shape index (κ2) is 14.2. The molecule has 13 heteroatoms. The normalized spacial score (nSPS) is 15.0. The second-order valence-electron chi connectivity index (χ2n) is 10.8. The third kappa shape index (κ3) is 8.46. The third-order valence-corrected chi connectivity index (χ3v) is 7.13. The van der Waals surface area contributed by atoms with Gasteiger partial charge in [0.25, 0.3) is 0 Å². The predicted molar refractivity (Wildman–Crippen MR) is 150 cm³/mol. The topological polar surface area (TPSA) is 191 Å². The van der Waals surface area contributed by atoms with E-state index in [1.54, 1.807) is 0 Å². The number of benzene rings is 1. The van der Waals surface area contributed by atoms with Crippen LogP contribution in [0.3, 0.4) is 0 Å². The maximum Gasteiger partial charge on any atom is 0.337 e. The van der Waals surface area contributed by atoms with Crippen molar-refractivity contribution < 1.29 is 44.3 Å². The molecule has 0 aliphatic carbocycles. The van der Waals surface area contributed by atoms with Crippen LogP contribution in [0.15, 0.2) is 24.3 Å². The van der Waals surface area contributed by atoms with Crippen LogP contribution in [0.2, 0.25) is 0 Å². The highest BCUT2D eigenvalue weighted by atomic mass is 16.5. The van der Waals surface area contributed by atoms with E-state index in [1.807, 2.05) is 24.3 Å². The summed E-state index contributed by atoms with van der Waals surface area (Å²) in [5.74, 6) is -2.86. The molecule has 1 fully saturated rings. The Hall–Kier alpha value is -4.10. The summed E-state index contributed by atoms with van der Waals surface area (Å²) in [6.45, 7) is 9.24. The molecule has 0 radical (unpaired) electrons. The molecule has 228 valence electrons. The number of aliphatic hydroxyl groups is 1. The molecular weight excluding hydrogens is 548 g/mol. The first kappa shape index (κ1) is 32.4. The van der Waals surface area contributed by atoms with Gasteiger partial charge in [-0.05, 0) is 37.0 Å². The van der Waals surface area contributed by atoms with Gasteiger partial charge in [0.15, 0.2) is 5.60 Å². The summed E-state index contributed by atoms with van der Waals surface area (Å²) in [6, 6.07) is 7.70. The Morgan fingerprint density at radius 3 is 2.05 bits per heavy atom. The summed E-state index contributed by atoms with van der Waals surface area (Å²) in [6.07, 6.45) is 1.20. The third-order valence-electron chi connectivity index (χ3n) is 7.13. The fourth-order valence-electron chi connectivity index (χ4n) is 4.90. The van der Waals surface area contributed by atoms with E-state index in [0.717, 1.165) is 45.0 Å². The number of nitrogens with zero attached hydrogens (tertiary/aromatic N) is 4. The molecule has 4 N–H and O–H groups in total. The summed E-state index contributed by atoms with van der Waals surface area (Å²) < 4.78 is 4.78. The van der Waals surface area contributed by atoms with Crippen LogP contribution >= 0.6 is 0 Å². The number of carbonyl (C=O) groups excluding carboxylic acids is 1. The fraction of sp³-hybridized carbons (Fsp3) is 0.517. The standard InChI is InChI=1S/C23H30N4O2.C6H8O7/c1-16(2)21-24-20-15-26(14-17-6-8-18(9-7-17)23(28)29-3)13-10-19(20)22(25-21)27-11-4-5-12-27;7-3(8)1-6(13,5(11)12)2-4(9)10/h6-9,16H,4-5,10-15H2,1-3H3;13H,1-2H2,(H,7,8)(H,9,10)(H,11,12). The molecule has 1 aromatic carbocycles. The number of hydrogen-bond donors (Lipinski definition) is 4. The van der Waals surface area contributed by atoms with Crippen LogP contribution in [0, 0.1) is 0 Å². The van der Waals surface area contributed by atoms with E-state index in [9.17, 15) is 19.2 Å². The lowest BCUT2D eigenvalue weighted by atomic mass is 9.96. The zero-order chi connectivity index (χ0) is 31.0. The van der Waals surface area contributed by atoms with Crippen molar-refractivity contribution in [3.05, 3.63) is 52.5 Å². The van der Waals surface area contributed by atoms with Crippen LogP contribution in [-0.2, 0) is 38.6 Å². The van der Waals surface area contributed by atoms with Gasteiger partial charge in [0.05, 0.1) is 31.2 Å². The summed E-state index contributed by atoms with van der Waals surface area (Å²) in [7, 11) is 1.41. The van der Waals surface area contributed by atoms with Crippen LogP contribution in [0.5, 0.6) is 0 Å². The molecule has 1 aromatic heterocycles. The number of carboxylic acid groups (broad SMARTS) is 3. The first-order chi connectivity index (χ1) is 19.8. The highest BCUT2D eigenvalue weighted by Gasteiger charge is 2.40. The molecule has 0 bridgehead atoms. The molecule has 4 rings (SSSR count). The molecule has 3 heterocycles. The van der Waals surface area contributed by atoms with Crippen molar-refractivity contribution in [3.8, 4) is 0 Å². The highest BCUT2D eigenvalue weighted by molar-refractivity contribution is 5.89. The molecule has 42 heavy (non-hydrogen) atoms. The largest absolute Gasteiger partial charge is 0.481 e. The first-order valence-electron chi connectivity index (χ1n) is 13.8. The van der Waals surface area contributed by atoms with Crippen molar-refractivity contribution in [2.24, 2.45) is 0 Å².